The molecule has 6 rings (SSSR count). The van der Waals surface area contributed by atoms with E-state index in [0.29, 0.717) is 36.1 Å². The lowest BCUT2D eigenvalue weighted by Gasteiger charge is -2.27. The van der Waals surface area contributed by atoms with Crippen molar-refractivity contribution in [2.75, 3.05) is 32.6 Å². The summed E-state index contributed by atoms with van der Waals surface area (Å²) in [6.45, 7) is 7.68. The molecule has 1 atom stereocenters. The topological polar surface area (TPSA) is 98.7 Å². The fourth-order valence-corrected chi connectivity index (χ4v) is 8.55. The van der Waals surface area contributed by atoms with Crippen LogP contribution in [0.2, 0.25) is 10.0 Å². The normalized spacial score (nSPS) is 16.1. The average molecular weight is 785 g/mol. The van der Waals surface area contributed by atoms with E-state index in [-0.39, 0.29) is 18.1 Å². The molecule has 292 valence electrons. The summed E-state index contributed by atoms with van der Waals surface area (Å²) in [6.07, 6.45) is 9.47. The molecule has 4 aromatic rings. The number of nitrogens with zero attached hydrogens (tertiary/aromatic N) is 1. The molecule has 1 heterocycles. The number of carbonyl (C=O) groups is 1. The van der Waals surface area contributed by atoms with Crippen LogP contribution in [0.25, 0.3) is 22.3 Å². The van der Waals surface area contributed by atoms with E-state index in [1.165, 1.54) is 38.3 Å². The van der Waals surface area contributed by atoms with Crippen LogP contribution in [0.5, 0.6) is 11.5 Å². The van der Waals surface area contributed by atoms with Gasteiger partial charge in [-0.15, -0.1) is 0 Å². The third-order valence-corrected chi connectivity index (χ3v) is 11.5. The Kier molecular flexibility index (Phi) is 14.2. The Bertz CT molecular complexity index is 1960. The molecular formula is C45H55Cl2N5O3. The van der Waals surface area contributed by atoms with Gasteiger partial charge in [-0.25, -0.2) is 0 Å². The Hall–Kier alpha value is -4.08. The molecule has 0 radical (unpaired) electrons. The molecule has 1 unspecified atom stereocenters. The van der Waals surface area contributed by atoms with E-state index in [2.05, 4.69) is 40.0 Å². The molecule has 1 aliphatic carbocycles. The second-order valence-corrected chi connectivity index (χ2v) is 16.1. The third kappa shape index (κ3) is 10.4. The quantitative estimate of drug-likeness (QED) is 0.0796. The van der Waals surface area contributed by atoms with Crippen LogP contribution in [0.4, 0.5) is 5.69 Å². The van der Waals surface area contributed by atoms with Gasteiger partial charge in [0, 0.05) is 89.9 Å². The van der Waals surface area contributed by atoms with Crippen molar-refractivity contribution in [3.8, 4) is 33.8 Å². The Balaban J connectivity index is 1.19. The van der Waals surface area contributed by atoms with Crippen LogP contribution in [0, 0.1) is 11.3 Å². The fraction of sp³-hybridized carbons (Fsp3) is 0.422. The van der Waals surface area contributed by atoms with Gasteiger partial charge >= 0.3 is 0 Å². The van der Waals surface area contributed by atoms with Gasteiger partial charge in [0.2, 0.25) is 5.91 Å². The van der Waals surface area contributed by atoms with E-state index >= 15 is 0 Å². The first-order valence-electron chi connectivity index (χ1n) is 19.6. The maximum Gasteiger partial charge on any atom is 0.220 e. The number of ether oxygens (including phenoxy) is 2. The summed E-state index contributed by atoms with van der Waals surface area (Å²) in [4.78, 5) is 14.0. The first kappa shape index (κ1) is 40.6. The lowest BCUT2D eigenvalue weighted by Crippen LogP contribution is -2.35. The minimum absolute atomic E-state index is 0.0121. The Labute approximate surface area is 336 Å². The molecule has 10 heteroatoms. The van der Waals surface area contributed by atoms with Gasteiger partial charge in [-0.1, -0.05) is 84.9 Å². The minimum atomic E-state index is -0.0121. The van der Waals surface area contributed by atoms with E-state index < -0.39 is 0 Å². The molecule has 1 aliphatic heterocycles. The van der Waals surface area contributed by atoms with Crippen molar-refractivity contribution in [2.24, 2.45) is 5.92 Å². The van der Waals surface area contributed by atoms with Gasteiger partial charge in [-0.3, -0.25) is 4.79 Å². The predicted octanol–water partition coefficient (Wildman–Crippen LogP) is 10.1. The summed E-state index contributed by atoms with van der Waals surface area (Å²) in [6, 6.07) is 22.4. The smallest absolute Gasteiger partial charge is 0.220 e. The predicted molar refractivity (Wildman–Crippen MR) is 227 cm³/mol. The summed E-state index contributed by atoms with van der Waals surface area (Å²) in [5, 5.41) is 19.8. The number of hydrogen-bond donors (Lipinski definition) is 4. The highest BCUT2D eigenvalue weighted by atomic mass is 35.5. The Morgan fingerprint density at radius 2 is 1.67 bits per heavy atom. The van der Waals surface area contributed by atoms with E-state index in [0.717, 1.165) is 87.1 Å². The van der Waals surface area contributed by atoms with E-state index in [4.69, 9.17) is 38.1 Å². The zero-order valence-corrected chi connectivity index (χ0v) is 34.1. The van der Waals surface area contributed by atoms with Crippen molar-refractivity contribution >= 4 is 41.0 Å². The van der Waals surface area contributed by atoms with Crippen molar-refractivity contribution in [2.45, 2.75) is 90.6 Å². The number of anilines is 1. The standard InChI is InChI=1S/C45H55Cl2N5O3/c1-29(2)55-43-21-31(16-17-32(43)24-49-26-35-18-19-44(53)51-35)36-12-8-14-38(45(36)47)37-13-9-15-41(39(37)23-48)50-25-33-22-42(54-4)34(20-40(33)46)28-52(3)27-30-10-6-5-7-11-30/h8-9,12-17,20-23,29-30,35,48-50H,5-7,10-11,18-19,24-28H2,1-4H3,(H,51,53). The van der Waals surface area contributed by atoms with Crippen molar-refractivity contribution in [3.05, 3.63) is 99.0 Å². The SMILES string of the molecule is COc1cc(CNc2cccc(-c3cccc(-c4ccc(CNCC5CCC(=O)N5)c(OC(C)C)c4)c3Cl)c2C=N)c(Cl)cc1CN(C)CC1CCCCC1. The molecule has 1 saturated heterocycles. The van der Waals surface area contributed by atoms with Gasteiger partial charge in [-0.2, -0.15) is 0 Å². The first-order valence-corrected chi connectivity index (χ1v) is 20.4. The molecule has 1 amide bonds. The number of methoxy groups -OCH3 is 1. The van der Waals surface area contributed by atoms with Gasteiger partial charge in [0.1, 0.15) is 11.5 Å². The maximum atomic E-state index is 11.6. The number of hydrogen-bond acceptors (Lipinski definition) is 7. The largest absolute Gasteiger partial charge is 0.496 e. The van der Waals surface area contributed by atoms with Gasteiger partial charge < -0.3 is 35.7 Å². The van der Waals surface area contributed by atoms with Crippen molar-refractivity contribution < 1.29 is 14.3 Å². The Morgan fingerprint density at radius 3 is 2.40 bits per heavy atom. The highest BCUT2D eigenvalue weighted by Gasteiger charge is 2.22. The summed E-state index contributed by atoms with van der Waals surface area (Å²) in [5.41, 5.74) is 8.07. The Morgan fingerprint density at radius 1 is 0.909 bits per heavy atom. The number of rotatable bonds is 17. The molecule has 0 aromatic heterocycles. The van der Waals surface area contributed by atoms with Crippen LogP contribution in [0.15, 0.2) is 66.7 Å². The molecular weight excluding hydrogens is 729 g/mol. The number of benzene rings is 4. The number of halogens is 2. The lowest BCUT2D eigenvalue weighted by molar-refractivity contribution is -0.119. The maximum absolute atomic E-state index is 11.6. The zero-order chi connectivity index (χ0) is 38.9. The van der Waals surface area contributed by atoms with Crippen molar-refractivity contribution in [3.63, 3.8) is 0 Å². The molecule has 1 saturated carbocycles. The highest BCUT2D eigenvalue weighted by molar-refractivity contribution is 6.36. The molecule has 55 heavy (non-hydrogen) atoms. The van der Waals surface area contributed by atoms with Crippen molar-refractivity contribution in [1.29, 1.82) is 5.41 Å². The molecule has 8 nitrogen and oxygen atoms in total. The summed E-state index contributed by atoms with van der Waals surface area (Å²) in [5.74, 6) is 2.49. The van der Waals surface area contributed by atoms with E-state index in [9.17, 15) is 4.79 Å². The molecule has 2 fully saturated rings. The van der Waals surface area contributed by atoms with Gasteiger partial charge in [0.05, 0.1) is 18.2 Å². The highest BCUT2D eigenvalue weighted by Crippen LogP contribution is 2.41. The van der Waals surface area contributed by atoms with Gasteiger partial charge in [0.25, 0.3) is 0 Å². The molecule has 4 N–H and O–H groups in total. The van der Waals surface area contributed by atoms with Crippen LogP contribution in [0.3, 0.4) is 0 Å². The molecule has 0 bridgehead atoms. The average Bonchev–Trinajstić information content (AvgIpc) is 3.59. The van der Waals surface area contributed by atoms with Crippen LogP contribution < -0.4 is 25.4 Å². The zero-order valence-electron chi connectivity index (χ0n) is 32.6. The van der Waals surface area contributed by atoms with Crippen molar-refractivity contribution in [1.82, 2.24) is 15.5 Å². The summed E-state index contributed by atoms with van der Waals surface area (Å²) in [7, 11) is 3.89. The molecule has 2 aliphatic rings. The second kappa shape index (κ2) is 19.2. The number of carbonyl (C=O) groups excluding carboxylic acids is 1. The van der Waals surface area contributed by atoms with E-state index in [1.54, 1.807) is 7.11 Å². The number of nitrogens with one attached hydrogen (secondary N) is 4. The summed E-state index contributed by atoms with van der Waals surface area (Å²) < 4.78 is 12.1. The summed E-state index contributed by atoms with van der Waals surface area (Å²) >= 11 is 14.1. The molecule has 4 aromatic carbocycles. The first-order chi connectivity index (χ1) is 26.6. The van der Waals surface area contributed by atoms with E-state index in [1.807, 2.05) is 68.4 Å². The van der Waals surface area contributed by atoms with Crippen LogP contribution in [0.1, 0.15) is 81.0 Å². The monoisotopic (exact) mass is 783 g/mol. The van der Waals surface area contributed by atoms with Crippen LogP contribution in [-0.2, 0) is 24.4 Å². The van der Waals surface area contributed by atoms with Gasteiger partial charge in [-0.05, 0) is 87.0 Å². The third-order valence-electron chi connectivity index (χ3n) is 10.7. The van der Waals surface area contributed by atoms with Gasteiger partial charge in [0.15, 0.2) is 0 Å². The van der Waals surface area contributed by atoms with Crippen LogP contribution >= 0.6 is 23.2 Å². The minimum Gasteiger partial charge on any atom is -0.496 e. The second-order valence-electron chi connectivity index (χ2n) is 15.3. The fourth-order valence-electron chi connectivity index (χ4n) is 7.96. The number of amides is 1. The van der Waals surface area contributed by atoms with Crippen LogP contribution in [-0.4, -0.2) is 56.4 Å². The lowest BCUT2D eigenvalue weighted by atomic mass is 9.89. The molecule has 0 spiro atoms.